The fourth-order valence-corrected chi connectivity index (χ4v) is 1.43. The third-order valence-corrected chi connectivity index (χ3v) is 2.18. The van der Waals surface area contributed by atoms with Gasteiger partial charge >= 0.3 is 0 Å². The molecule has 1 aliphatic rings. The predicted octanol–water partition coefficient (Wildman–Crippen LogP) is 3.13. The summed E-state index contributed by atoms with van der Waals surface area (Å²) in [4.78, 5) is 14.6. The lowest BCUT2D eigenvalue weighted by Crippen LogP contribution is -2.02. The van der Waals surface area contributed by atoms with Crippen molar-refractivity contribution in [1.82, 2.24) is 4.98 Å². The lowest BCUT2D eigenvalue weighted by molar-refractivity contribution is 0.962. The second kappa shape index (κ2) is 4.50. The van der Waals surface area contributed by atoms with Gasteiger partial charge in [-0.1, -0.05) is 12.2 Å². The number of nitroso groups, excluding NO2 is 1. The number of hydrogen-bond donors (Lipinski definition) is 1. The van der Waals surface area contributed by atoms with Crippen LogP contribution in [0, 0.1) is 4.91 Å². The summed E-state index contributed by atoms with van der Waals surface area (Å²) in [6.45, 7) is 0. The molecule has 1 aliphatic carbocycles. The second-order valence-electron chi connectivity index (χ2n) is 3.25. The maximum atomic E-state index is 10.5. The third kappa shape index (κ3) is 2.28. The maximum absolute atomic E-state index is 10.5. The molecule has 0 atom stereocenters. The van der Waals surface area contributed by atoms with Crippen LogP contribution in [0.5, 0.6) is 0 Å². The van der Waals surface area contributed by atoms with Gasteiger partial charge in [0.2, 0.25) is 0 Å². The fraction of sp³-hybridized carbons (Fsp3) is 0.182. The Kier molecular flexibility index (Phi) is 2.88. The van der Waals surface area contributed by atoms with E-state index >= 15 is 0 Å². The summed E-state index contributed by atoms with van der Waals surface area (Å²) in [6.07, 6.45) is 9.65. The molecule has 15 heavy (non-hydrogen) atoms. The minimum atomic E-state index is 0.341. The van der Waals surface area contributed by atoms with E-state index in [9.17, 15) is 4.91 Å². The highest BCUT2D eigenvalue weighted by Gasteiger charge is 2.05. The van der Waals surface area contributed by atoms with E-state index < -0.39 is 0 Å². The van der Waals surface area contributed by atoms with E-state index in [0.29, 0.717) is 11.5 Å². The summed E-state index contributed by atoms with van der Waals surface area (Å²) in [5, 5.41) is 6.02. The van der Waals surface area contributed by atoms with Crippen molar-refractivity contribution in [1.29, 1.82) is 0 Å². The van der Waals surface area contributed by atoms with Crippen molar-refractivity contribution in [3.63, 3.8) is 0 Å². The summed E-state index contributed by atoms with van der Waals surface area (Å²) in [5.41, 5.74) is 1.40. The quantitative estimate of drug-likeness (QED) is 0.764. The Labute approximate surface area is 87.7 Å². The lowest BCUT2D eigenvalue weighted by atomic mass is 10.1. The molecule has 1 aromatic heterocycles. The molecular weight excluding hydrogens is 190 g/mol. The number of allylic oxidation sites excluding steroid dienone is 4. The Morgan fingerprint density at radius 1 is 1.47 bits per heavy atom. The Morgan fingerprint density at radius 3 is 3.13 bits per heavy atom. The Hall–Kier alpha value is -1.97. The zero-order chi connectivity index (χ0) is 10.5. The van der Waals surface area contributed by atoms with Gasteiger partial charge in [-0.2, -0.15) is 0 Å². The topological polar surface area (TPSA) is 54.4 Å². The highest BCUT2D eigenvalue weighted by atomic mass is 16.3. The van der Waals surface area contributed by atoms with E-state index in [4.69, 9.17) is 0 Å². The molecule has 1 aromatic rings. The van der Waals surface area contributed by atoms with Crippen molar-refractivity contribution in [2.24, 2.45) is 5.18 Å². The van der Waals surface area contributed by atoms with Crippen molar-refractivity contribution in [2.45, 2.75) is 12.8 Å². The van der Waals surface area contributed by atoms with Gasteiger partial charge < -0.3 is 5.32 Å². The van der Waals surface area contributed by atoms with Crippen LogP contribution < -0.4 is 5.32 Å². The first kappa shape index (κ1) is 9.58. The highest BCUT2D eigenvalue weighted by molar-refractivity contribution is 5.62. The van der Waals surface area contributed by atoms with Crippen LogP contribution in [0.2, 0.25) is 0 Å². The van der Waals surface area contributed by atoms with Gasteiger partial charge in [0, 0.05) is 11.9 Å². The van der Waals surface area contributed by atoms with Gasteiger partial charge in [0.15, 0.2) is 11.5 Å². The fourth-order valence-electron chi connectivity index (χ4n) is 1.43. The normalized spacial score (nSPS) is 14.5. The van der Waals surface area contributed by atoms with Crippen molar-refractivity contribution < 1.29 is 0 Å². The summed E-state index contributed by atoms with van der Waals surface area (Å²) in [7, 11) is 0. The Bertz CT molecular complexity index is 424. The van der Waals surface area contributed by atoms with E-state index in [1.165, 1.54) is 0 Å². The molecule has 0 amide bonds. The summed E-state index contributed by atoms with van der Waals surface area (Å²) in [5.74, 6) is 0.522. The van der Waals surface area contributed by atoms with Gasteiger partial charge in [0.05, 0.1) is 0 Å². The molecule has 0 bridgehead atoms. The van der Waals surface area contributed by atoms with E-state index in [-0.39, 0.29) is 0 Å². The highest BCUT2D eigenvalue weighted by Crippen LogP contribution is 2.24. The minimum absolute atomic E-state index is 0.341. The average molecular weight is 201 g/mol. The summed E-state index contributed by atoms with van der Waals surface area (Å²) >= 11 is 0. The molecule has 0 unspecified atom stereocenters. The smallest absolute Gasteiger partial charge is 0.159 e. The molecule has 0 saturated heterocycles. The number of nitrogens with zero attached hydrogens (tertiary/aromatic N) is 2. The molecule has 0 aliphatic heterocycles. The first-order valence-electron chi connectivity index (χ1n) is 4.81. The Balaban J connectivity index is 2.19. The molecule has 0 radical (unpaired) electrons. The number of nitrogens with one attached hydrogen (secondary N) is 1. The number of rotatable bonds is 3. The van der Waals surface area contributed by atoms with Gasteiger partial charge in [-0.25, -0.2) is 4.98 Å². The number of aromatic nitrogens is 1. The average Bonchev–Trinajstić information content (AvgIpc) is 2.31. The van der Waals surface area contributed by atoms with Crippen molar-refractivity contribution >= 4 is 11.5 Å². The molecule has 0 spiro atoms. The first-order chi connectivity index (χ1) is 7.40. The number of pyridine rings is 1. The second-order valence-corrected chi connectivity index (χ2v) is 3.25. The maximum Gasteiger partial charge on any atom is 0.159 e. The first-order valence-corrected chi connectivity index (χ1v) is 4.81. The van der Waals surface area contributed by atoms with Crippen LogP contribution in [0.15, 0.2) is 47.4 Å². The molecule has 76 valence electrons. The molecule has 4 heteroatoms. The zero-order valence-corrected chi connectivity index (χ0v) is 8.18. The molecule has 1 heterocycles. The molecule has 0 aromatic carbocycles. The van der Waals surface area contributed by atoms with Crippen LogP contribution >= 0.6 is 0 Å². The van der Waals surface area contributed by atoms with Crippen LogP contribution in [0.4, 0.5) is 11.5 Å². The molecule has 4 nitrogen and oxygen atoms in total. The minimum Gasteiger partial charge on any atom is -0.342 e. The summed E-state index contributed by atoms with van der Waals surface area (Å²) < 4.78 is 0. The molecule has 2 rings (SSSR count). The van der Waals surface area contributed by atoms with Crippen molar-refractivity contribution in [2.75, 3.05) is 5.32 Å². The lowest BCUT2D eigenvalue weighted by Gasteiger charge is -2.11. The molecule has 0 fully saturated rings. The van der Waals surface area contributed by atoms with Crippen LogP contribution in [0.3, 0.4) is 0 Å². The number of hydrogen-bond acceptors (Lipinski definition) is 4. The molecular formula is C11H11N3O. The van der Waals surface area contributed by atoms with Gasteiger partial charge in [-0.15, -0.1) is 4.91 Å². The van der Waals surface area contributed by atoms with Crippen LogP contribution in [-0.4, -0.2) is 4.98 Å². The predicted molar refractivity (Wildman–Crippen MR) is 59.8 cm³/mol. The monoisotopic (exact) mass is 201 g/mol. The van der Waals surface area contributed by atoms with E-state index in [0.717, 1.165) is 18.5 Å². The summed E-state index contributed by atoms with van der Waals surface area (Å²) in [6, 6.07) is 3.33. The SMILES string of the molecule is O=Nc1cccnc1NC1=CC=CCC1. The Morgan fingerprint density at radius 2 is 2.40 bits per heavy atom. The molecule has 1 N–H and O–H groups in total. The third-order valence-electron chi connectivity index (χ3n) is 2.18. The van der Waals surface area contributed by atoms with E-state index in [1.807, 2.05) is 12.2 Å². The molecule has 0 saturated carbocycles. The standard InChI is InChI=1S/C11H11N3O/c15-14-10-7-4-8-12-11(10)13-9-5-2-1-3-6-9/h1-2,4-5,7-8H,3,6H2,(H,12,13). The largest absolute Gasteiger partial charge is 0.342 e. The van der Waals surface area contributed by atoms with Gasteiger partial charge in [-0.3, -0.25) is 0 Å². The van der Waals surface area contributed by atoms with Gasteiger partial charge in [0.1, 0.15) is 0 Å². The number of anilines is 1. The van der Waals surface area contributed by atoms with Crippen LogP contribution in [0.25, 0.3) is 0 Å². The van der Waals surface area contributed by atoms with E-state index in [1.54, 1.807) is 18.3 Å². The zero-order valence-electron chi connectivity index (χ0n) is 8.18. The van der Waals surface area contributed by atoms with Crippen LogP contribution in [-0.2, 0) is 0 Å². The van der Waals surface area contributed by atoms with Gasteiger partial charge in [-0.05, 0) is 36.2 Å². The van der Waals surface area contributed by atoms with Gasteiger partial charge in [0.25, 0.3) is 0 Å². The van der Waals surface area contributed by atoms with E-state index in [2.05, 4.69) is 21.6 Å². The van der Waals surface area contributed by atoms with Crippen molar-refractivity contribution in [3.8, 4) is 0 Å². The van der Waals surface area contributed by atoms with Crippen molar-refractivity contribution in [3.05, 3.63) is 47.2 Å². The van der Waals surface area contributed by atoms with Crippen LogP contribution in [0.1, 0.15) is 12.8 Å².